The van der Waals surface area contributed by atoms with Crippen molar-refractivity contribution in [1.29, 1.82) is 0 Å². The van der Waals surface area contributed by atoms with Crippen molar-refractivity contribution in [1.82, 2.24) is 14.9 Å². The van der Waals surface area contributed by atoms with Gasteiger partial charge in [-0.1, -0.05) is 47.5 Å². The number of nitrogens with two attached hydrogens (primary N) is 1. The van der Waals surface area contributed by atoms with E-state index in [0.717, 1.165) is 46.9 Å². The SMILES string of the molecule is Cc1cc(Cl)c(OCCOc2ccc(CC(CN)C(=O)N(Cc3cc(Cc4ccncc4)cc4cccnc34)C3CC3)cc2)c(Cl)c1. The van der Waals surface area contributed by atoms with E-state index >= 15 is 0 Å². The van der Waals surface area contributed by atoms with Crippen LogP contribution in [0.3, 0.4) is 0 Å². The van der Waals surface area contributed by atoms with Gasteiger partial charge in [-0.15, -0.1) is 0 Å². The van der Waals surface area contributed by atoms with Crippen LogP contribution in [0.25, 0.3) is 10.9 Å². The fourth-order valence-corrected chi connectivity index (χ4v) is 6.60. The Bertz CT molecular complexity index is 1810. The molecule has 1 fully saturated rings. The number of ether oxygens (including phenoxy) is 2. The molecule has 9 heteroatoms. The zero-order chi connectivity index (χ0) is 32.8. The molecule has 242 valence electrons. The third kappa shape index (κ3) is 8.41. The first-order valence-electron chi connectivity index (χ1n) is 15.9. The van der Waals surface area contributed by atoms with Crippen LogP contribution in [0.5, 0.6) is 11.5 Å². The highest BCUT2D eigenvalue weighted by Gasteiger charge is 2.36. The molecule has 47 heavy (non-hydrogen) atoms. The average molecular weight is 670 g/mol. The molecule has 1 unspecified atom stereocenters. The van der Waals surface area contributed by atoms with E-state index in [4.69, 9.17) is 43.4 Å². The van der Waals surface area contributed by atoms with Crippen molar-refractivity contribution < 1.29 is 14.3 Å². The van der Waals surface area contributed by atoms with Crippen molar-refractivity contribution in [2.75, 3.05) is 19.8 Å². The number of hydrogen-bond donors (Lipinski definition) is 1. The molecule has 1 aliphatic carbocycles. The first-order valence-corrected chi connectivity index (χ1v) is 16.7. The number of carbonyl (C=O) groups is 1. The van der Waals surface area contributed by atoms with E-state index in [9.17, 15) is 4.79 Å². The van der Waals surface area contributed by atoms with Crippen molar-refractivity contribution in [2.45, 2.75) is 45.2 Å². The van der Waals surface area contributed by atoms with Gasteiger partial charge in [-0.2, -0.15) is 0 Å². The number of carbonyl (C=O) groups excluding carboxylic acids is 1. The van der Waals surface area contributed by atoms with Crippen LogP contribution in [0.2, 0.25) is 10.0 Å². The fourth-order valence-electron chi connectivity index (χ4n) is 5.89. The van der Waals surface area contributed by atoms with Gasteiger partial charge in [-0.3, -0.25) is 14.8 Å². The minimum atomic E-state index is -0.334. The van der Waals surface area contributed by atoms with Gasteiger partial charge in [0, 0.05) is 43.1 Å². The van der Waals surface area contributed by atoms with Gasteiger partial charge in [-0.25, -0.2) is 0 Å². The molecule has 1 atom stereocenters. The summed E-state index contributed by atoms with van der Waals surface area (Å²) in [5.74, 6) is 0.918. The molecule has 2 aromatic heterocycles. The van der Waals surface area contributed by atoms with Gasteiger partial charge < -0.3 is 20.1 Å². The molecule has 1 amide bonds. The molecule has 2 N–H and O–H groups in total. The Morgan fingerprint density at radius 3 is 2.34 bits per heavy atom. The maximum absolute atomic E-state index is 14.1. The molecular formula is C38H38Cl2N4O3. The molecular weight excluding hydrogens is 631 g/mol. The highest BCUT2D eigenvalue weighted by molar-refractivity contribution is 6.37. The second-order valence-electron chi connectivity index (χ2n) is 12.1. The normalized spacial score (nSPS) is 13.4. The molecule has 0 radical (unpaired) electrons. The molecule has 1 aliphatic rings. The summed E-state index contributed by atoms with van der Waals surface area (Å²) in [7, 11) is 0. The minimum Gasteiger partial charge on any atom is -0.490 e. The second-order valence-corrected chi connectivity index (χ2v) is 12.9. The maximum atomic E-state index is 14.1. The van der Waals surface area contributed by atoms with Crippen molar-refractivity contribution in [2.24, 2.45) is 11.7 Å². The molecule has 7 nitrogen and oxygen atoms in total. The predicted octanol–water partition coefficient (Wildman–Crippen LogP) is 7.60. The smallest absolute Gasteiger partial charge is 0.227 e. The van der Waals surface area contributed by atoms with Crippen LogP contribution in [0.1, 0.15) is 40.7 Å². The van der Waals surface area contributed by atoms with Crippen molar-refractivity contribution >= 4 is 40.0 Å². The number of aryl methyl sites for hydroxylation is 1. The van der Waals surface area contributed by atoms with E-state index in [1.165, 1.54) is 11.1 Å². The Kier molecular flexibility index (Phi) is 10.6. The van der Waals surface area contributed by atoms with Crippen LogP contribution < -0.4 is 15.2 Å². The predicted molar refractivity (Wildman–Crippen MR) is 187 cm³/mol. The van der Waals surface area contributed by atoms with Gasteiger partial charge in [0.1, 0.15) is 19.0 Å². The summed E-state index contributed by atoms with van der Waals surface area (Å²) in [6.07, 6.45) is 8.78. The third-order valence-electron chi connectivity index (χ3n) is 8.39. The standard InChI is InChI=1S/C38H38Cl2N4O3/c1-25-17-34(39)37(35(40)18-25)47-16-15-46-33-8-4-26(5-9-33)20-30(23-41)38(45)44(32-6-7-32)24-31-22-28(19-27-10-13-42-14-11-27)21-29-3-2-12-43-36(29)31/h2-5,8-14,17-18,21-22,30,32H,6-7,15-16,19-20,23-24,41H2,1H3. The van der Waals surface area contributed by atoms with Crippen LogP contribution in [0.15, 0.2) is 91.4 Å². The van der Waals surface area contributed by atoms with E-state index in [0.29, 0.717) is 47.7 Å². The summed E-state index contributed by atoms with van der Waals surface area (Å²) in [5.41, 5.74) is 12.6. The lowest BCUT2D eigenvalue weighted by molar-refractivity contribution is -0.136. The van der Waals surface area contributed by atoms with E-state index in [-0.39, 0.29) is 24.4 Å². The van der Waals surface area contributed by atoms with Crippen molar-refractivity contribution in [3.63, 3.8) is 0 Å². The van der Waals surface area contributed by atoms with Gasteiger partial charge in [0.15, 0.2) is 5.75 Å². The van der Waals surface area contributed by atoms with Gasteiger partial charge in [0.2, 0.25) is 5.91 Å². The second kappa shape index (κ2) is 15.2. The summed E-state index contributed by atoms with van der Waals surface area (Å²) >= 11 is 12.5. The minimum absolute atomic E-state index is 0.0875. The number of amides is 1. The number of hydrogen-bond acceptors (Lipinski definition) is 6. The summed E-state index contributed by atoms with van der Waals surface area (Å²) < 4.78 is 11.6. The topological polar surface area (TPSA) is 90.6 Å². The van der Waals surface area contributed by atoms with E-state index in [2.05, 4.69) is 23.2 Å². The van der Waals surface area contributed by atoms with Gasteiger partial charge in [0.05, 0.1) is 21.5 Å². The molecule has 0 saturated heterocycles. The Morgan fingerprint density at radius 2 is 1.64 bits per heavy atom. The lowest BCUT2D eigenvalue weighted by Gasteiger charge is -2.28. The quantitative estimate of drug-likeness (QED) is 0.123. The van der Waals surface area contributed by atoms with Crippen LogP contribution in [-0.4, -0.2) is 46.6 Å². The molecule has 0 spiro atoms. The Morgan fingerprint density at radius 1 is 0.915 bits per heavy atom. The van der Waals surface area contributed by atoms with Gasteiger partial charge in [0.25, 0.3) is 0 Å². The first kappa shape index (κ1) is 32.8. The van der Waals surface area contributed by atoms with Crippen LogP contribution in [0.4, 0.5) is 0 Å². The Balaban J connectivity index is 1.10. The van der Waals surface area contributed by atoms with Crippen LogP contribution in [-0.2, 0) is 24.2 Å². The largest absolute Gasteiger partial charge is 0.490 e. The number of nitrogens with zero attached hydrogens (tertiary/aromatic N) is 3. The highest BCUT2D eigenvalue weighted by Crippen LogP contribution is 2.34. The first-order chi connectivity index (χ1) is 22.9. The Labute approximate surface area is 285 Å². The zero-order valence-corrected chi connectivity index (χ0v) is 27.9. The van der Waals surface area contributed by atoms with Crippen molar-refractivity contribution in [3.05, 3.63) is 129 Å². The lowest BCUT2D eigenvalue weighted by atomic mass is 9.96. The fraction of sp³-hybridized carbons (Fsp3) is 0.289. The average Bonchev–Trinajstić information content (AvgIpc) is 3.91. The summed E-state index contributed by atoms with van der Waals surface area (Å²) in [5, 5.41) is 2.02. The summed E-state index contributed by atoms with van der Waals surface area (Å²) in [6, 6.07) is 24.1. The summed E-state index contributed by atoms with van der Waals surface area (Å²) in [4.78, 5) is 24.9. The molecule has 2 heterocycles. The molecule has 1 saturated carbocycles. The lowest BCUT2D eigenvalue weighted by Crippen LogP contribution is -2.41. The molecule has 3 aromatic carbocycles. The number of halogens is 2. The molecule has 0 aliphatic heterocycles. The van der Waals surface area contributed by atoms with E-state index in [1.807, 2.05) is 85.0 Å². The number of pyridine rings is 2. The molecule has 6 rings (SSSR count). The molecule has 5 aromatic rings. The van der Waals surface area contributed by atoms with Crippen molar-refractivity contribution in [3.8, 4) is 11.5 Å². The van der Waals surface area contributed by atoms with Gasteiger partial charge >= 0.3 is 0 Å². The van der Waals surface area contributed by atoms with E-state index in [1.54, 1.807) is 0 Å². The van der Waals surface area contributed by atoms with Crippen LogP contribution >= 0.6 is 23.2 Å². The Hall–Kier alpha value is -4.17. The third-order valence-corrected chi connectivity index (χ3v) is 8.95. The summed E-state index contributed by atoms with van der Waals surface area (Å²) in [6.45, 7) is 3.32. The number of aromatic nitrogens is 2. The van der Waals surface area contributed by atoms with Gasteiger partial charge in [-0.05, 0) is 109 Å². The molecule has 0 bridgehead atoms. The van der Waals surface area contributed by atoms with Crippen LogP contribution in [0, 0.1) is 12.8 Å². The number of rotatable bonds is 14. The number of fused-ring (bicyclic) bond motifs is 1. The maximum Gasteiger partial charge on any atom is 0.227 e. The zero-order valence-electron chi connectivity index (χ0n) is 26.4. The monoisotopic (exact) mass is 668 g/mol. The number of benzene rings is 3. The van der Waals surface area contributed by atoms with E-state index < -0.39 is 0 Å². The highest BCUT2D eigenvalue weighted by atomic mass is 35.5.